The minimum absolute atomic E-state index is 0.127. The summed E-state index contributed by atoms with van der Waals surface area (Å²) >= 11 is 1.79. The van der Waals surface area contributed by atoms with Crippen LogP contribution in [0.1, 0.15) is 42.2 Å². The molecule has 4 heteroatoms. The molecule has 1 aliphatic rings. The van der Waals surface area contributed by atoms with E-state index in [1.807, 2.05) is 10.6 Å². The minimum Gasteiger partial charge on any atom is -0.390 e. The Bertz CT molecular complexity index is 468. The first-order valence-corrected chi connectivity index (χ1v) is 6.26. The maximum Gasteiger partial charge on any atom is 0.120 e. The topological polar surface area (TPSA) is 37.5 Å². The summed E-state index contributed by atoms with van der Waals surface area (Å²) in [4.78, 5) is 6.64. The molecular formula is C11H14N2OS. The fraction of sp³-hybridized carbons (Fsp3) is 0.545. The third kappa shape index (κ3) is 1.40. The van der Waals surface area contributed by atoms with Crippen molar-refractivity contribution in [2.75, 3.05) is 0 Å². The van der Waals surface area contributed by atoms with E-state index in [1.165, 1.54) is 30.6 Å². The lowest BCUT2D eigenvalue weighted by Gasteiger charge is -2.07. The van der Waals surface area contributed by atoms with Crippen LogP contribution in [0.2, 0.25) is 0 Å². The van der Waals surface area contributed by atoms with Crippen LogP contribution in [0.15, 0.2) is 12.5 Å². The molecular weight excluding hydrogens is 208 g/mol. The highest BCUT2D eigenvalue weighted by molar-refractivity contribution is 7.17. The van der Waals surface area contributed by atoms with Crippen LogP contribution in [0.3, 0.4) is 0 Å². The minimum atomic E-state index is 0.127. The Labute approximate surface area is 92.4 Å². The SMILES string of the molecule is OCc1c(C2CCCC2)sc2cncn12. The maximum atomic E-state index is 9.44. The van der Waals surface area contributed by atoms with Gasteiger partial charge in [0, 0.05) is 4.88 Å². The van der Waals surface area contributed by atoms with Crippen molar-refractivity contribution in [3.05, 3.63) is 23.1 Å². The lowest BCUT2D eigenvalue weighted by Crippen LogP contribution is -1.98. The number of fused-ring (bicyclic) bond motifs is 1. The van der Waals surface area contributed by atoms with E-state index < -0.39 is 0 Å². The van der Waals surface area contributed by atoms with E-state index in [1.54, 1.807) is 17.7 Å². The maximum absolute atomic E-state index is 9.44. The molecule has 0 bridgehead atoms. The Hall–Kier alpha value is -0.870. The molecule has 0 aliphatic heterocycles. The van der Waals surface area contributed by atoms with Gasteiger partial charge in [0.1, 0.15) is 11.2 Å². The van der Waals surface area contributed by atoms with Gasteiger partial charge in [0.2, 0.25) is 0 Å². The number of thiazole rings is 1. The van der Waals surface area contributed by atoms with Crippen molar-refractivity contribution in [2.45, 2.75) is 38.2 Å². The van der Waals surface area contributed by atoms with E-state index in [9.17, 15) is 5.11 Å². The molecule has 15 heavy (non-hydrogen) atoms. The fourth-order valence-electron chi connectivity index (χ4n) is 2.51. The molecule has 0 unspecified atom stereocenters. The molecule has 0 radical (unpaired) electrons. The molecule has 0 atom stereocenters. The number of nitrogens with zero attached hydrogens (tertiary/aromatic N) is 2. The van der Waals surface area contributed by atoms with Gasteiger partial charge in [0.15, 0.2) is 0 Å². The summed E-state index contributed by atoms with van der Waals surface area (Å²) in [7, 11) is 0. The second-order valence-electron chi connectivity index (χ2n) is 4.15. The smallest absolute Gasteiger partial charge is 0.120 e. The Kier molecular flexibility index (Phi) is 2.25. The Balaban J connectivity index is 2.11. The zero-order chi connectivity index (χ0) is 10.3. The average Bonchev–Trinajstić information content (AvgIpc) is 2.93. The van der Waals surface area contributed by atoms with Gasteiger partial charge in [-0.15, -0.1) is 11.3 Å². The van der Waals surface area contributed by atoms with Crippen LogP contribution in [0.4, 0.5) is 0 Å². The molecule has 1 aliphatic carbocycles. The van der Waals surface area contributed by atoms with E-state index >= 15 is 0 Å². The third-order valence-corrected chi connectivity index (χ3v) is 4.57. The largest absolute Gasteiger partial charge is 0.390 e. The summed E-state index contributed by atoms with van der Waals surface area (Å²) in [5.41, 5.74) is 1.06. The third-order valence-electron chi connectivity index (χ3n) is 3.27. The number of hydrogen-bond donors (Lipinski definition) is 1. The summed E-state index contributed by atoms with van der Waals surface area (Å²) in [6.45, 7) is 0.127. The van der Waals surface area contributed by atoms with Crippen molar-refractivity contribution in [3.8, 4) is 0 Å². The zero-order valence-corrected chi connectivity index (χ0v) is 9.33. The molecule has 80 valence electrons. The molecule has 1 saturated carbocycles. The van der Waals surface area contributed by atoms with Gasteiger partial charge in [-0.25, -0.2) is 4.98 Å². The Morgan fingerprint density at radius 2 is 2.27 bits per heavy atom. The van der Waals surface area contributed by atoms with E-state index in [0.29, 0.717) is 5.92 Å². The number of aromatic nitrogens is 2. The van der Waals surface area contributed by atoms with Gasteiger partial charge in [-0.1, -0.05) is 12.8 Å². The first-order chi connectivity index (χ1) is 7.40. The number of hydrogen-bond acceptors (Lipinski definition) is 3. The molecule has 0 spiro atoms. The molecule has 2 aromatic heterocycles. The highest BCUT2D eigenvalue weighted by Gasteiger charge is 2.23. The summed E-state index contributed by atoms with van der Waals surface area (Å²) in [5.74, 6) is 0.678. The van der Waals surface area contributed by atoms with Crippen molar-refractivity contribution in [1.82, 2.24) is 9.38 Å². The lowest BCUT2D eigenvalue weighted by molar-refractivity contribution is 0.274. The van der Waals surface area contributed by atoms with Crippen molar-refractivity contribution >= 4 is 16.2 Å². The van der Waals surface area contributed by atoms with E-state index in [0.717, 1.165) is 10.5 Å². The molecule has 0 aromatic carbocycles. The van der Waals surface area contributed by atoms with Gasteiger partial charge in [0.25, 0.3) is 0 Å². The molecule has 1 N–H and O–H groups in total. The van der Waals surface area contributed by atoms with Crippen molar-refractivity contribution in [3.63, 3.8) is 0 Å². The van der Waals surface area contributed by atoms with Crippen LogP contribution in [-0.4, -0.2) is 14.5 Å². The molecule has 0 saturated heterocycles. The highest BCUT2D eigenvalue weighted by atomic mass is 32.1. The molecule has 3 nitrogen and oxygen atoms in total. The van der Waals surface area contributed by atoms with E-state index in [2.05, 4.69) is 4.98 Å². The van der Waals surface area contributed by atoms with Crippen LogP contribution < -0.4 is 0 Å². The molecule has 3 rings (SSSR count). The second kappa shape index (κ2) is 3.61. The van der Waals surface area contributed by atoms with Crippen LogP contribution in [-0.2, 0) is 6.61 Å². The predicted octanol–water partition coefficient (Wildman–Crippen LogP) is 2.55. The quantitative estimate of drug-likeness (QED) is 0.848. The number of aliphatic hydroxyl groups is 1. The monoisotopic (exact) mass is 222 g/mol. The predicted molar refractivity (Wildman–Crippen MR) is 60.2 cm³/mol. The van der Waals surface area contributed by atoms with Crippen LogP contribution >= 0.6 is 11.3 Å². The molecule has 1 fully saturated rings. The normalized spacial score (nSPS) is 17.9. The highest BCUT2D eigenvalue weighted by Crippen LogP contribution is 2.40. The average molecular weight is 222 g/mol. The van der Waals surface area contributed by atoms with Gasteiger partial charge < -0.3 is 5.11 Å². The van der Waals surface area contributed by atoms with Gasteiger partial charge in [-0.05, 0) is 18.8 Å². The Morgan fingerprint density at radius 3 is 3.00 bits per heavy atom. The van der Waals surface area contributed by atoms with Gasteiger partial charge in [-0.3, -0.25) is 4.40 Å². The van der Waals surface area contributed by atoms with Gasteiger partial charge in [0.05, 0.1) is 18.5 Å². The van der Waals surface area contributed by atoms with Crippen molar-refractivity contribution < 1.29 is 5.11 Å². The number of imidazole rings is 1. The summed E-state index contributed by atoms with van der Waals surface area (Å²) in [5, 5.41) is 9.44. The van der Waals surface area contributed by atoms with Crippen LogP contribution in [0.5, 0.6) is 0 Å². The van der Waals surface area contributed by atoms with Crippen LogP contribution in [0, 0.1) is 0 Å². The molecule has 2 aromatic rings. The summed E-state index contributed by atoms with van der Waals surface area (Å²) in [6, 6.07) is 0. The standard InChI is InChI=1S/C11H14N2OS/c14-6-9-11(8-3-1-2-4-8)15-10-5-12-7-13(9)10/h5,7-8,14H,1-4,6H2. The zero-order valence-electron chi connectivity index (χ0n) is 8.52. The first-order valence-electron chi connectivity index (χ1n) is 5.44. The van der Waals surface area contributed by atoms with Gasteiger partial charge in [-0.2, -0.15) is 0 Å². The molecule has 2 heterocycles. The second-order valence-corrected chi connectivity index (χ2v) is 5.22. The van der Waals surface area contributed by atoms with Crippen LogP contribution in [0.25, 0.3) is 4.83 Å². The fourth-order valence-corrected chi connectivity index (χ4v) is 3.79. The number of aliphatic hydroxyl groups excluding tert-OH is 1. The Morgan fingerprint density at radius 1 is 1.47 bits per heavy atom. The summed E-state index contributed by atoms with van der Waals surface area (Å²) in [6.07, 6.45) is 8.91. The van der Waals surface area contributed by atoms with Crippen molar-refractivity contribution in [2.24, 2.45) is 0 Å². The first kappa shape index (κ1) is 9.36. The van der Waals surface area contributed by atoms with E-state index in [-0.39, 0.29) is 6.61 Å². The van der Waals surface area contributed by atoms with Gasteiger partial charge >= 0.3 is 0 Å². The lowest BCUT2D eigenvalue weighted by atomic mass is 10.1. The number of rotatable bonds is 2. The van der Waals surface area contributed by atoms with Crippen molar-refractivity contribution in [1.29, 1.82) is 0 Å². The summed E-state index contributed by atoms with van der Waals surface area (Å²) < 4.78 is 2.03. The molecule has 0 amide bonds. The van der Waals surface area contributed by atoms with E-state index in [4.69, 9.17) is 0 Å².